The van der Waals surface area contributed by atoms with Crippen LogP contribution in [0.15, 0.2) is 24.3 Å². The van der Waals surface area contributed by atoms with Gasteiger partial charge in [0.15, 0.2) is 5.78 Å². The van der Waals surface area contributed by atoms with Crippen LogP contribution in [0.5, 0.6) is 0 Å². The number of hydrogen-bond acceptors (Lipinski definition) is 5. The van der Waals surface area contributed by atoms with Crippen molar-refractivity contribution in [1.29, 1.82) is 0 Å². The molecule has 0 bridgehead atoms. The normalized spacial score (nSPS) is 19.5. The smallest absolute Gasteiger partial charge is 0.317 e. The average Bonchev–Trinajstić information content (AvgIpc) is 2.73. The van der Waals surface area contributed by atoms with Gasteiger partial charge in [0.2, 0.25) is 10.0 Å². The average molecular weight is 437 g/mol. The summed E-state index contributed by atoms with van der Waals surface area (Å²) < 4.78 is 24.8. The van der Waals surface area contributed by atoms with E-state index in [4.69, 9.17) is 0 Å². The number of rotatable bonds is 5. The zero-order valence-electron chi connectivity index (χ0n) is 18.0. The Morgan fingerprint density at radius 2 is 1.70 bits per heavy atom. The maximum Gasteiger partial charge on any atom is 0.317 e. The Balaban J connectivity index is 1.47. The molecule has 1 N–H and O–H groups in total. The highest BCUT2D eigenvalue weighted by Gasteiger charge is 2.30. The second kappa shape index (κ2) is 9.34. The number of carbonyl (C=O) groups excluding carboxylic acids is 2. The lowest BCUT2D eigenvalue weighted by molar-refractivity contribution is 0.101. The summed E-state index contributed by atoms with van der Waals surface area (Å²) in [5, 5.41) is 3.13. The van der Waals surface area contributed by atoms with Crippen molar-refractivity contribution >= 4 is 27.5 Å². The Bertz CT molecular complexity index is 873. The molecule has 30 heavy (non-hydrogen) atoms. The first-order chi connectivity index (χ1) is 14.1. The van der Waals surface area contributed by atoms with E-state index in [0.29, 0.717) is 31.5 Å². The van der Waals surface area contributed by atoms with Gasteiger partial charge in [-0.1, -0.05) is 12.1 Å². The highest BCUT2D eigenvalue weighted by molar-refractivity contribution is 7.88. The third kappa shape index (κ3) is 5.51. The van der Waals surface area contributed by atoms with Gasteiger partial charge in [-0.25, -0.2) is 17.5 Å². The molecule has 2 amide bonds. The Hall–Kier alpha value is -2.13. The van der Waals surface area contributed by atoms with Crippen molar-refractivity contribution in [2.24, 2.45) is 0 Å². The van der Waals surface area contributed by atoms with Gasteiger partial charge in [0.25, 0.3) is 0 Å². The minimum Gasteiger partial charge on any atom is -0.371 e. The minimum atomic E-state index is -3.16. The van der Waals surface area contributed by atoms with Crippen molar-refractivity contribution in [1.82, 2.24) is 14.5 Å². The van der Waals surface area contributed by atoms with E-state index in [-0.39, 0.29) is 23.9 Å². The lowest BCUT2D eigenvalue weighted by atomic mass is 10.0. The summed E-state index contributed by atoms with van der Waals surface area (Å²) in [6, 6.07) is 7.75. The van der Waals surface area contributed by atoms with E-state index in [1.165, 1.54) is 10.6 Å². The lowest BCUT2D eigenvalue weighted by Gasteiger charge is -2.38. The lowest BCUT2D eigenvalue weighted by Crippen LogP contribution is -2.53. The number of ketones is 1. The van der Waals surface area contributed by atoms with Gasteiger partial charge in [-0.3, -0.25) is 4.79 Å². The molecule has 166 valence electrons. The van der Waals surface area contributed by atoms with Gasteiger partial charge in [0.1, 0.15) is 0 Å². The molecule has 0 atom stereocenters. The SMILES string of the molecule is CC(=O)c1cccc(N2CCC(NC(=O)N(C)C3CCN(S(C)(=O)=O)CC3)CC2)c1. The fraction of sp³-hybridized carbons (Fsp3) is 0.619. The van der Waals surface area contributed by atoms with E-state index in [1.807, 2.05) is 24.3 Å². The van der Waals surface area contributed by atoms with Crippen LogP contribution in [0.1, 0.15) is 43.0 Å². The van der Waals surface area contributed by atoms with Gasteiger partial charge in [0.05, 0.1) is 6.26 Å². The van der Waals surface area contributed by atoms with Crippen molar-refractivity contribution < 1.29 is 18.0 Å². The third-order valence-corrected chi connectivity index (χ3v) is 7.50. The monoisotopic (exact) mass is 436 g/mol. The third-order valence-electron chi connectivity index (χ3n) is 6.20. The van der Waals surface area contributed by atoms with Gasteiger partial charge < -0.3 is 15.1 Å². The Morgan fingerprint density at radius 3 is 2.27 bits per heavy atom. The largest absolute Gasteiger partial charge is 0.371 e. The molecule has 2 saturated heterocycles. The number of carbonyl (C=O) groups is 2. The van der Waals surface area contributed by atoms with Crippen molar-refractivity contribution in [2.45, 2.75) is 44.7 Å². The topological polar surface area (TPSA) is 90.0 Å². The highest BCUT2D eigenvalue weighted by atomic mass is 32.2. The first-order valence-electron chi connectivity index (χ1n) is 10.5. The van der Waals surface area contributed by atoms with Gasteiger partial charge in [-0.2, -0.15) is 0 Å². The highest BCUT2D eigenvalue weighted by Crippen LogP contribution is 2.22. The molecule has 0 aromatic heterocycles. The minimum absolute atomic E-state index is 0.0532. The summed E-state index contributed by atoms with van der Waals surface area (Å²) in [7, 11) is -1.37. The Morgan fingerprint density at radius 1 is 1.07 bits per heavy atom. The second-order valence-electron chi connectivity index (χ2n) is 8.32. The van der Waals surface area contributed by atoms with Gasteiger partial charge in [-0.05, 0) is 44.7 Å². The number of nitrogens with zero attached hydrogens (tertiary/aromatic N) is 3. The Kier molecular flexibility index (Phi) is 7.02. The molecule has 2 aliphatic rings. The molecule has 0 radical (unpaired) electrons. The molecule has 2 fully saturated rings. The van der Waals surface area contributed by atoms with E-state index < -0.39 is 10.0 Å². The molecular formula is C21H32N4O4S. The van der Waals surface area contributed by atoms with Crippen LogP contribution in [0.3, 0.4) is 0 Å². The molecule has 1 aromatic rings. The Labute approximate surface area is 179 Å². The zero-order chi connectivity index (χ0) is 21.9. The summed E-state index contributed by atoms with van der Waals surface area (Å²) in [6.07, 6.45) is 4.23. The van der Waals surface area contributed by atoms with E-state index in [1.54, 1.807) is 18.9 Å². The van der Waals surface area contributed by atoms with Crippen molar-refractivity contribution in [2.75, 3.05) is 44.4 Å². The fourth-order valence-electron chi connectivity index (χ4n) is 4.21. The maximum atomic E-state index is 12.7. The standard InChI is InChI=1S/C21H32N4O4S/c1-16(26)17-5-4-6-20(15-17)24-11-7-18(8-12-24)22-21(27)23(2)19-9-13-25(14-10-19)30(3,28)29/h4-6,15,18-19H,7-14H2,1-3H3,(H,22,27). The van der Waals surface area contributed by atoms with Gasteiger partial charge in [-0.15, -0.1) is 0 Å². The number of nitrogens with one attached hydrogen (secondary N) is 1. The number of urea groups is 1. The van der Waals surface area contributed by atoms with Gasteiger partial charge >= 0.3 is 6.03 Å². The fourth-order valence-corrected chi connectivity index (χ4v) is 5.08. The number of piperidine rings is 2. The van der Waals surface area contributed by atoms with E-state index in [9.17, 15) is 18.0 Å². The molecule has 0 aliphatic carbocycles. The summed E-state index contributed by atoms with van der Waals surface area (Å²) >= 11 is 0. The van der Waals surface area contributed by atoms with E-state index >= 15 is 0 Å². The zero-order valence-corrected chi connectivity index (χ0v) is 18.8. The van der Waals surface area contributed by atoms with Crippen molar-refractivity contribution in [3.8, 4) is 0 Å². The molecule has 0 spiro atoms. The molecule has 3 rings (SSSR count). The van der Waals surface area contributed by atoms with Crippen molar-refractivity contribution in [3.05, 3.63) is 29.8 Å². The maximum absolute atomic E-state index is 12.7. The number of benzene rings is 1. The van der Waals surface area contributed by atoms with Crippen LogP contribution in [0.2, 0.25) is 0 Å². The summed E-state index contributed by atoms with van der Waals surface area (Å²) in [5.41, 5.74) is 1.76. The summed E-state index contributed by atoms with van der Waals surface area (Å²) in [4.78, 5) is 28.3. The molecule has 2 aliphatic heterocycles. The van der Waals surface area contributed by atoms with Crippen LogP contribution in [0, 0.1) is 0 Å². The van der Waals surface area contributed by atoms with Crippen molar-refractivity contribution in [3.63, 3.8) is 0 Å². The molecule has 2 heterocycles. The second-order valence-corrected chi connectivity index (χ2v) is 10.3. The number of sulfonamides is 1. The summed E-state index contributed by atoms with van der Waals surface area (Å²) in [5.74, 6) is 0.0596. The number of amides is 2. The molecular weight excluding hydrogens is 404 g/mol. The van der Waals surface area contributed by atoms with Gasteiger partial charge in [0, 0.05) is 56.6 Å². The van der Waals surface area contributed by atoms with E-state index in [2.05, 4.69) is 10.2 Å². The summed E-state index contributed by atoms with van der Waals surface area (Å²) in [6.45, 7) is 4.13. The first-order valence-corrected chi connectivity index (χ1v) is 12.3. The van der Waals surface area contributed by atoms with E-state index in [0.717, 1.165) is 31.6 Å². The molecule has 8 nitrogen and oxygen atoms in total. The predicted molar refractivity (Wildman–Crippen MR) is 117 cm³/mol. The van der Waals surface area contributed by atoms with Crippen LogP contribution in [0.4, 0.5) is 10.5 Å². The molecule has 9 heteroatoms. The molecule has 0 unspecified atom stereocenters. The quantitative estimate of drug-likeness (QED) is 0.713. The van der Waals surface area contributed by atoms with Crippen LogP contribution < -0.4 is 10.2 Å². The van der Waals surface area contributed by atoms with Crippen LogP contribution in [0.25, 0.3) is 0 Å². The predicted octanol–water partition coefficient (Wildman–Crippen LogP) is 1.92. The van der Waals surface area contributed by atoms with Crippen LogP contribution in [-0.4, -0.2) is 81.0 Å². The van der Waals surface area contributed by atoms with Crippen LogP contribution in [-0.2, 0) is 10.0 Å². The number of anilines is 1. The molecule has 0 saturated carbocycles. The number of Topliss-reactive ketones (excluding diaryl/α,β-unsaturated/α-hetero) is 1. The first kappa shape index (κ1) is 22.6. The number of hydrogen-bond donors (Lipinski definition) is 1. The molecule has 1 aromatic carbocycles. The van der Waals surface area contributed by atoms with Crippen LogP contribution >= 0.6 is 0 Å².